The van der Waals surface area contributed by atoms with Crippen LogP contribution in [-0.4, -0.2) is 47.8 Å². The van der Waals surface area contributed by atoms with Crippen LogP contribution in [0.2, 0.25) is 0 Å². The highest BCUT2D eigenvalue weighted by Gasteiger charge is 2.33. The summed E-state index contributed by atoms with van der Waals surface area (Å²) in [6.45, 7) is 17.2. The molecule has 0 bridgehead atoms. The first-order chi connectivity index (χ1) is 8.66. The monoisotopic (exact) mass is 270 g/mol. The number of aliphatic hydroxyl groups is 1. The van der Waals surface area contributed by atoms with Crippen molar-refractivity contribution in [2.24, 2.45) is 11.3 Å². The van der Waals surface area contributed by atoms with Gasteiger partial charge in [-0.05, 0) is 44.2 Å². The highest BCUT2D eigenvalue weighted by Crippen LogP contribution is 2.33. The SMILES string of the molecule is CC(C)NC(C)(CO)CCN1CCC(C(C)(C)C)C1. The van der Waals surface area contributed by atoms with E-state index in [1.165, 1.54) is 19.5 Å². The molecule has 114 valence electrons. The molecule has 0 aromatic heterocycles. The molecule has 0 aromatic carbocycles. The van der Waals surface area contributed by atoms with Crippen LogP contribution >= 0.6 is 0 Å². The molecule has 3 nitrogen and oxygen atoms in total. The summed E-state index contributed by atoms with van der Waals surface area (Å²) in [6.07, 6.45) is 2.33. The molecule has 0 radical (unpaired) electrons. The minimum atomic E-state index is -0.145. The first-order valence-corrected chi connectivity index (χ1v) is 7.77. The van der Waals surface area contributed by atoms with Crippen molar-refractivity contribution in [1.29, 1.82) is 0 Å². The summed E-state index contributed by atoms with van der Waals surface area (Å²) in [6, 6.07) is 0.415. The Labute approximate surface area is 119 Å². The predicted octanol–water partition coefficient (Wildman–Crippen LogP) is 2.49. The molecule has 1 aliphatic rings. The molecule has 1 rings (SSSR count). The van der Waals surface area contributed by atoms with Crippen LogP contribution in [0.3, 0.4) is 0 Å². The Bertz CT molecular complexity index is 272. The molecular weight excluding hydrogens is 236 g/mol. The third-order valence-corrected chi connectivity index (χ3v) is 4.46. The van der Waals surface area contributed by atoms with Gasteiger partial charge in [-0.15, -0.1) is 0 Å². The van der Waals surface area contributed by atoms with E-state index >= 15 is 0 Å². The van der Waals surface area contributed by atoms with Gasteiger partial charge in [0.1, 0.15) is 0 Å². The van der Waals surface area contributed by atoms with E-state index in [1.54, 1.807) is 0 Å². The van der Waals surface area contributed by atoms with Crippen LogP contribution < -0.4 is 5.32 Å². The number of rotatable bonds is 6. The van der Waals surface area contributed by atoms with Gasteiger partial charge in [0.25, 0.3) is 0 Å². The van der Waals surface area contributed by atoms with Gasteiger partial charge in [0.2, 0.25) is 0 Å². The van der Waals surface area contributed by atoms with Crippen molar-refractivity contribution in [1.82, 2.24) is 10.2 Å². The molecule has 19 heavy (non-hydrogen) atoms. The molecule has 0 saturated carbocycles. The van der Waals surface area contributed by atoms with Crippen molar-refractivity contribution in [3.63, 3.8) is 0 Å². The number of nitrogens with zero attached hydrogens (tertiary/aromatic N) is 1. The second kappa shape index (κ2) is 6.55. The normalized spacial score (nSPS) is 24.9. The van der Waals surface area contributed by atoms with Crippen molar-refractivity contribution in [3.8, 4) is 0 Å². The molecule has 2 N–H and O–H groups in total. The van der Waals surface area contributed by atoms with Crippen molar-refractivity contribution in [2.75, 3.05) is 26.2 Å². The van der Waals surface area contributed by atoms with Gasteiger partial charge >= 0.3 is 0 Å². The third-order valence-electron chi connectivity index (χ3n) is 4.46. The smallest absolute Gasteiger partial charge is 0.0611 e. The second-order valence-corrected chi connectivity index (χ2v) is 7.92. The summed E-state index contributed by atoms with van der Waals surface area (Å²) in [7, 11) is 0. The van der Waals surface area contributed by atoms with Crippen molar-refractivity contribution in [3.05, 3.63) is 0 Å². The number of likely N-dealkylation sites (tertiary alicyclic amines) is 1. The number of nitrogens with one attached hydrogen (secondary N) is 1. The van der Waals surface area contributed by atoms with Gasteiger partial charge in [0.15, 0.2) is 0 Å². The first kappa shape index (κ1) is 16.9. The lowest BCUT2D eigenvalue weighted by Gasteiger charge is -2.33. The molecule has 2 unspecified atom stereocenters. The maximum absolute atomic E-state index is 9.61. The molecule has 1 saturated heterocycles. The number of hydrogen-bond donors (Lipinski definition) is 2. The van der Waals surface area contributed by atoms with E-state index in [1.807, 2.05) is 0 Å². The molecule has 2 atom stereocenters. The van der Waals surface area contributed by atoms with Crippen molar-refractivity contribution >= 4 is 0 Å². The standard InChI is InChI=1S/C16H34N2O/c1-13(2)17-16(6,12-19)8-10-18-9-7-14(11-18)15(3,4)5/h13-14,17,19H,7-12H2,1-6H3. The highest BCUT2D eigenvalue weighted by molar-refractivity contribution is 4.88. The van der Waals surface area contributed by atoms with Crippen LogP contribution in [0.25, 0.3) is 0 Å². The fourth-order valence-electron chi connectivity index (χ4n) is 3.04. The lowest BCUT2D eigenvalue weighted by atomic mass is 9.80. The largest absolute Gasteiger partial charge is 0.394 e. The molecule has 0 amide bonds. The molecule has 3 heteroatoms. The van der Waals surface area contributed by atoms with Gasteiger partial charge in [-0.3, -0.25) is 0 Å². The van der Waals surface area contributed by atoms with Crippen molar-refractivity contribution < 1.29 is 5.11 Å². The Morgan fingerprint density at radius 2 is 1.89 bits per heavy atom. The Kier molecular flexibility index (Phi) is 5.84. The van der Waals surface area contributed by atoms with Gasteiger partial charge in [0.05, 0.1) is 6.61 Å². The summed E-state index contributed by atoms with van der Waals surface area (Å²) < 4.78 is 0. The van der Waals surface area contributed by atoms with Gasteiger partial charge in [-0.25, -0.2) is 0 Å². The van der Waals surface area contributed by atoms with Gasteiger partial charge < -0.3 is 15.3 Å². The zero-order chi connectivity index (χ0) is 14.7. The molecule has 0 spiro atoms. The summed E-state index contributed by atoms with van der Waals surface area (Å²) in [5, 5.41) is 13.1. The van der Waals surface area contributed by atoms with E-state index in [9.17, 15) is 5.11 Å². The number of aliphatic hydroxyl groups excluding tert-OH is 1. The quantitative estimate of drug-likeness (QED) is 0.778. The summed E-state index contributed by atoms with van der Waals surface area (Å²) in [4.78, 5) is 2.56. The van der Waals surface area contributed by atoms with E-state index in [4.69, 9.17) is 0 Å². The first-order valence-electron chi connectivity index (χ1n) is 7.77. The lowest BCUT2D eigenvalue weighted by molar-refractivity contribution is 0.139. The average Bonchev–Trinajstić information content (AvgIpc) is 2.74. The molecule has 0 aliphatic carbocycles. The van der Waals surface area contributed by atoms with Crippen LogP contribution in [0, 0.1) is 11.3 Å². The second-order valence-electron chi connectivity index (χ2n) is 7.92. The van der Waals surface area contributed by atoms with Gasteiger partial charge in [-0.2, -0.15) is 0 Å². The van der Waals surface area contributed by atoms with E-state index in [0.717, 1.165) is 18.9 Å². The Morgan fingerprint density at radius 1 is 1.26 bits per heavy atom. The van der Waals surface area contributed by atoms with Crippen LogP contribution in [0.1, 0.15) is 54.4 Å². The topological polar surface area (TPSA) is 35.5 Å². The Morgan fingerprint density at radius 3 is 2.32 bits per heavy atom. The highest BCUT2D eigenvalue weighted by atomic mass is 16.3. The Hall–Kier alpha value is -0.120. The Balaban J connectivity index is 2.41. The third kappa shape index (κ3) is 5.41. The summed E-state index contributed by atoms with van der Waals surface area (Å²) in [5.74, 6) is 0.811. The van der Waals surface area contributed by atoms with E-state index < -0.39 is 0 Å². The van der Waals surface area contributed by atoms with Crippen LogP contribution in [0.4, 0.5) is 0 Å². The van der Waals surface area contributed by atoms with Crippen molar-refractivity contribution in [2.45, 2.75) is 66.0 Å². The molecule has 1 aliphatic heterocycles. The fourth-order valence-corrected chi connectivity index (χ4v) is 3.04. The lowest BCUT2D eigenvalue weighted by Crippen LogP contribution is -2.50. The molecule has 1 fully saturated rings. The van der Waals surface area contributed by atoms with Crippen LogP contribution in [0.15, 0.2) is 0 Å². The van der Waals surface area contributed by atoms with Crippen LogP contribution in [-0.2, 0) is 0 Å². The zero-order valence-corrected chi connectivity index (χ0v) is 13.8. The maximum Gasteiger partial charge on any atom is 0.0611 e. The molecule has 0 aromatic rings. The minimum absolute atomic E-state index is 0.145. The summed E-state index contributed by atoms with van der Waals surface area (Å²) >= 11 is 0. The maximum atomic E-state index is 9.61. The van der Waals surface area contributed by atoms with Gasteiger partial charge in [0, 0.05) is 18.1 Å². The zero-order valence-electron chi connectivity index (χ0n) is 13.8. The molecular formula is C16H34N2O. The fraction of sp³-hybridized carbons (Fsp3) is 1.00. The summed E-state index contributed by atoms with van der Waals surface area (Å²) in [5.41, 5.74) is 0.277. The minimum Gasteiger partial charge on any atom is -0.394 e. The van der Waals surface area contributed by atoms with Gasteiger partial charge in [-0.1, -0.05) is 34.6 Å². The van der Waals surface area contributed by atoms with E-state index in [-0.39, 0.29) is 12.1 Å². The van der Waals surface area contributed by atoms with Crippen LogP contribution in [0.5, 0.6) is 0 Å². The van der Waals surface area contributed by atoms with E-state index in [2.05, 4.69) is 51.8 Å². The predicted molar refractivity (Wildman–Crippen MR) is 82.4 cm³/mol. The average molecular weight is 270 g/mol. The van der Waals surface area contributed by atoms with E-state index in [0.29, 0.717) is 11.5 Å². The number of hydrogen-bond acceptors (Lipinski definition) is 3. The molecule has 1 heterocycles.